The average molecular weight is 973 g/mol. The molecule has 7 rings (SSSR count). The molecular formula is C48H52I2N2P2+2. The quantitative estimate of drug-likeness (QED) is 0.0947. The van der Waals surface area contributed by atoms with Crippen LogP contribution in [0.1, 0.15) is 50.5 Å². The second-order valence-corrected chi connectivity index (χ2v) is 30.9. The van der Waals surface area contributed by atoms with E-state index in [1.165, 1.54) is 65.7 Å². The van der Waals surface area contributed by atoms with Gasteiger partial charge in [-0.2, -0.15) is 0 Å². The maximum absolute atomic E-state index is 7.24. The topological polar surface area (TPSA) is 38.0 Å². The summed E-state index contributed by atoms with van der Waals surface area (Å²) >= 11 is 5.65. The monoisotopic (exact) mass is 972 g/mol. The Morgan fingerprint density at radius 2 is 1.00 bits per heavy atom. The summed E-state index contributed by atoms with van der Waals surface area (Å²) in [4.78, 5) is -3.47. The lowest BCUT2D eigenvalue weighted by molar-refractivity contribution is 0.423. The van der Waals surface area contributed by atoms with E-state index in [1.54, 1.807) is 0 Å². The van der Waals surface area contributed by atoms with E-state index in [9.17, 15) is 0 Å². The number of aryl methyl sites for hydroxylation is 4. The van der Waals surface area contributed by atoms with Crippen LogP contribution in [0.5, 0.6) is 0 Å². The summed E-state index contributed by atoms with van der Waals surface area (Å²) in [7, 11) is 0. The average Bonchev–Trinajstić information content (AvgIpc) is 3.16. The Kier molecular flexibility index (Phi) is 12.8. The first kappa shape index (κ1) is 39.8. The molecule has 1 heterocycles. The first-order chi connectivity index (χ1) is 26.0. The summed E-state index contributed by atoms with van der Waals surface area (Å²) < 4.78 is 0. The van der Waals surface area contributed by atoms with Crippen molar-refractivity contribution < 1.29 is 0 Å². The van der Waals surface area contributed by atoms with Crippen molar-refractivity contribution in [3.05, 3.63) is 190 Å². The molecule has 6 aromatic rings. The van der Waals surface area contributed by atoms with E-state index >= 15 is 0 Å². The number of hydrogen-bond acceptors (Lipinski definition) is 2. The number of benzene rings is 6. The van der Waals surface area contributed by atoms with Crippen LogP contribution in [0.4, 0.5) is 0 Å². The molecule has 1 aliphatic heterocycles. The van der Waals surface area contributed by atoms with E-state index in [0.717, 1.165) is 31.6 Å². The molecule has 3 atom stereocenters. The van der Waals surface area contributed by atoms with Gasteiger partial charge in [0.15, 0.2) is 44.1 Å². The molecule has 0 saturated heterocycles. The summed E-state index contributed by atoms with van der Waals surface area (Å²) in [5.41, 5.74) is 18.1. The minimum absolute atomic E-state index is 0.0341. The molecule has 0 saturated carbocycles. The van der Waals surface area contributed by atoms with Gasteiger partial charge >= 0.3 is 0 Å². The first-order valence-electron chi connectivity index (χ1n) is 19.1. The highest BCUT2D eigenvalue weighted by Gasteiger charge is 2.45. The van der Waals surface area contributed by atoms with Gasteiger partial charge in [-0.3, -0.25) is 0 Å². The fourth-order valence-electron chi connectivity index (χ4n) is 8.04. The second kappa shape index (κ2) is 17.4. The van der Waals surface area contributed by atoms with Gasteiger partial charge in [0.1, 0.15) is 31.0 Å². The number of hydrogen-bond donors (Lipinski definition) is 2. The van der Waals surface area contributed by atoms with Crippen molar-refractivity contribution in [2.75, 3.05) is 12.3 Å². The molecule has 0 aromatic heterocycles. The van der Waals surface area contributed by atoms with Crippen LogP contribution in [0.2, 0.25) is 0 Å². The van der Waals surface area contributed by atoms with Gasteiger partial charge in [0.2, 0.25) is 0 Å². The molecule has 6 aromatic carbocycles. The largest absolute Gasteiger partial charge is 0.324 e. The maximum atomic E-state index is 7.24. The van der Waals surface area contributed by atoms with E-state index in [4.69, 9.17) is 5.73 Å². The molecule has 1 aliphatic rings. The Morgan fingerprint density at radius 3 is 1.50 bits per heavy atom. The number of nitrogens with one attached hydrogen (secondary N) is 1. The zero-order chi connectivity index (χ0) is 37.9. The molecule has 0 fully saturated rings. The van der Waals surface area contributed by atoms with E-state index in [-0.39, 0.29) is 12.1 Å². The van der Waals surface area contributed by atoms with Crippen LogP contribution in [0.15, 0.2) is 146 Å². The van der Waals surface area contributed by atoms with Gasteiger partial charge in [-0.1, -0.05) is 119 Å². The van der Waals surface area contributed by atoms with E-state index in [0.29, 0.717) is 6.04 Å². The highest BCUT2D eigenvalue weighted by Crippen LogP contribution is 2.66. The molecule has 0 amide bonds. The Balaban J connectivity index is 1.15. The number of nitrogens with two attached hydrogens (primary N) is 1. The van der Waals surface area contributed by atoms with Crippen LogP contribution in [0, 0.1) is 27.7 Å². The second-order valence-electron chi connectivity index (χ2n) is 15.4. The van der Waals surface area contributed by atoms with Crippen LogP contribution in [-0.4, -0.2) is 24.4 Å². The molecule has 6 heteroatoms. The lowest BCUT2D eigenvalue weighted by Crippen LogP contribution is -2.44. The van der Waals surface area contributed by atoms with Crippen LogP contribution >= 0.6 is 53.9 Å². The predicted molar refractivity (Wildman–Crippen MR) is 257 cm³/mol. The van der Waals surface area contributed by atoms with Gasteiger partial charge < -0.3 is 11.1 Å². The summed E-state index contributed by atoms with van der Waals surface area (Å²) in [6.45, 7) is 8.71. The van der Waals surface area contributed by atoms with E-state index < -0.39 is 9.81 Å². The van der Waals surface area contributed by atoms with Gasteiger partial charge in [0, 0.05) is 18.1 Å². The molecule has 0 spiro atoms. The molecule has 54 heavy (non-hydrogen) atoms. The summed E-state index contributed by atoms with van der Waals surface area (Å²) in [6.07, 6.45) is 4.91. The van der Waals surface area contributed by atoms with Crippen LogP contribution in [0.25, 0.3) is 0 Å². The fraction of sp³-hybridized carbons (Fsp3) is 0.250. The third-order valence-corrected chi connectivity index (χ3v) is 26.5. The van der Waals surface area contributed by atoms with Crippen molar-refractivity contribution in [2.24, 2.45) is 5.73 Å². The Bertz CT molecular complexity index is 2080. The predicted octanol–water partition coefficient (Wildman–Crippen LogP) is 10.6. The lowest BCUT2D eigenvalue weighted by atomic mass is 9.86. The molecule has 0 bridgehead atoms. The Labute approximate surface area is 350 Å². The van der Waals surface area contributed by atoms with Gasteiger partial charge in [-0.15, -0.1) is 0 Å². The Hall–Kier alpha value is -2.44. The molecule has 0 aliphatic carbocycles. The van der Waals surface area contributed by atoms with Gasteiger partial charge in [0.25, 0.3) is 0 Å². The molecule has 276 valence electrons. The number of halogens is 2. The standard InChI is InChI=1S/C48H52I2N2P2/c1-34-13-21-43(22-14-34)53(49,44-23-15-35(2)16-24-44)32-41(51)29-38-9-5-6-10-39(38)31-48-47-12-8-7-11-40(47)30-42(52-48)33-54(50,45-25-17-36(3)18-26-45)46-27-19-37(4)20-28-46/h5-28,41-42,48,52H,29-33,51H2,1-4H3/q+2/t41-,42-,48+/m0/s1. The van der Waals surface area contributed by atoms with Crippen molar-refractivity contribution in [1.82, 2.24) is 5.32 Å². The highest BCUT2D eigenvalue weighted by molar-refractivity contribution is 14.2. The van der Waals surface area contributed by atoms with Crippen molar-refractivity contribution in [1.29, 1.82) is 0 Å². The molecule has 0 unspecified atom stereocenters. The summed E-state index contributed by atoms with van der Waals surface area (Å²) in [6, 6.07) is 55.9. The summed E-state index contributed by atoms with van der Waals surface area (Å²) in [5, 5.41) is 10.0. The zero-order valence-corrected chi connectivity index (χ0v) is 38.0. The maximum Gasteiger partial charge on any atom is 0.167 e. The zero-order valence-electron chi connectivity index (χ0n) is 31.9. The lowest BCUT2D eigenvalue weighted by Gasteiger charge is -2.35. The van der Waals surface area contributed by atoms with E-state index in [2.05, 4.69) is 223 Å². The number of rotatable bonds is 12. The van der Waals surface area contributed by atoms with Crippen LogP contribution < -0.4 is 32.3 Å². The van der Waals surface area contributed by atoms with E-state index in [1.807, 2.05) is 0 Å². The van der Waals surface area contributed by atoms with Crippen LogP contribution in [-0.2, 0) is 19.3 Å². The minimum Gasteiger partial charge on any atom is -0.324 e. The SMILES string of the molecule is Cc1ccc([P+](I)(C[C@@H](N)Cc2ccccc2C[C@H]2N[C@H](C[P+](I)(c3ccc(C)cc3)c3ccc(C)cc3)Cc3ccccc32)c2ccc(C)cc2)cc1. The first-order valence-corrected chi connectivity index (χ1v) is 28.6. The fourth-order valence-corrected chi connectivity index (χ4v) is 20.4. The molecular weight excluding hydrogens is 920 g/mol. The number of fused-ring (bicyclic) bond motifs is 1. The van der Waals surface area contributed by atoms with Gasteiger partial charge in [0.05, 0.1) is 12.3 Å². The minimum atomic E-state index is -1.75. The Morgan fingerprint density at radius 1 is 0.574 bits per heavy atom. The van der Waals surface area contributed by atoms with Crippen molar-refractivity contribution in [2.45, 2.75) is 65.1 Å². The third-order valence-electron chi connectivity index (χ3n) is 11.1. The summed E-state index contributed by atoms with van der Waals surface area (Å²) in [5.74, 6) is 0. The highest BCUT2D eigenvalue weighted by atomic mass is 127. The normalized spacial score (nSPS) is 16.5. The van der Waals surface area contributed by atoms with Crippen LogP contribution in [0.3, 0.4) is 0 Å². The molecule has 2 nitrogen and oxygen atoms in total. The van der Waals surface area contributed by atoms with Gasteiger partial charge in [-0.25, -0.2) is 0 Å². The van der Waals surface area contributed by atoms with Gasteiger partial charge in [-0.05, 0) is 118 Å². The third kappa shape index (κ3) is 9.06. The van der Waals surface area contributed by atoms with Crippen molar-refractivity contribution in [3.63, 3.8) is 0 Å². The molecule has 3 N–H and O–H groups in total. The molecule has 0 radical (unpaired) electrons. The van der Waals surface area contributed by atoms with Crippen molar-refractivity contribution >= 4 is 75.1 Å². The smallest absolute Gasteiger partial charge is 0.167 e. The van der Waals surface area contributed by atoms with Crippen molar-refractivity contribution in [3.8, 4) is 0 Å².